The second-order valence-corrected chi connectivity index (χ2v) is 12.3. The molecule has 214 valence electrons. The number of nitrogens with one attached hydrogen (secondary N) is 1. The van der Waals surface area contributed by atoms with Gasteiger partial charge in [-0.25, -0.2) is 13.2 Å². The van der Waals surface area contributed by atoms with Gasteiger partial charge in [0.05, 0.1) is 11.4 Å². The lowest BCUT2D eigenvalue weighted by molar-refractivity contribution is -0.172. The summed E-state index contributed by atoms with van der Waals surface area (Å²) in [6, 6.07) is 17.4. The lowest BCUT2D eigenvalue weighted by Crippen LogP contribution is -2.67. The average Bonchev–Trinajstić information content (AvgIpc) is 3.12. The predicted octanol–water partition coefficient (Wildman–Crippen LogP) is 4.13. The van der Waals surface area contributed by atoms with E-state index in [0.29, 0.717) is 29.9 Å². The van der Waals surface area contributed by atoms with Crippen LogP contribution in [0.15, 0.2) is 60.7 Å². The van der Waals surface area contributed by atoms with Crippen molar-refractivity contribution < 1.29 is 28.2 Å². The molecule has 5 N–H and O–H groups in total. The zero-order chi connectivity index (χ0) is 29.3. The molecule has 0 aromatic heterocycles. The van der Waals surface area contributed by atoms with Crippen LogP contribution in [-0.2, 0) is 32.4 Å². The summed E-state index contributed by atoms with van der Waals surface area (Å²) < 4.78 is 34.3. The van der Waals surface area contributed by atoms with Gasteiger partial charge < -0.3 is 30.9 Å². The lowest BCUT2D eigenvalue weighted by Gasteiger charge is -2.40. The summed E-state index contributed by atoms with van der Waals surface area (Å²) in [6.45, 7) is 4.51. The van der Waals surface area contributed by atoms with E-state index < -0.39 is 26.5 Å². The van der Waals surface area contributed by atoms with Crippen molar-refractivity contribution in [3.63, 3.8) is 0 Å². The highest BCUT2D eigenvalue weighted by molar-refractivity contribution is 7.91. The molecule has 10 heteroatoms. The van der Waals surface area contributed by atoms with E-state index in [1.807, 2.05) is 44.2 Å². The third-order valence-electron chi connectivity index (χ3n) is 7.44. The molecule has 0 radical (unpaired) electrons. The minimum atomic E-state index is -4.53. The third kappa shape index (κ3) is 4.45. The maximum absolute atomic E-state index is 14.0. The van der Waals surface area contributed by atoms with E-state index >= 15 is 0 Å². The molecule has 0 bridgehead atoms. The topological polar surface area (TPSA) is 142 Å². The van der Waals surface area contributed by atoms with Crippen molar-refractivity contribution in [3.05, 3.63) is 82.9 Å². The number of carboxylic acids is 1. The Balaban J connectivity index is 2.24. The summed E-state index contributed by atoms with van der Waals surface area (Å²) in [5.74, 6) is -1.69. The van der Waals surface area contributed by atoms with Crippen molar-refractivity contribution in [2.75, 3.05) is 35.8 Å². The number of fused-ring (bicyclic) bond motifs is 1. The van der Waals surface area contributed by atoms with Crippen LogP contribution in [-0.4, -0.2) is 50.2 Å². The Morgan fingerprint density at radius 2 is 1.62 bits per heavy atom. The summed E-state index contributed by atoms with van der Waals surface area (Å²) in [5, 5.41) is 26.1. The van der Waals surface area contributed by atoms with Crippen LogP contribution in [0.4, 0.5) is 17.1 Å². The smallest absolute Gasteiger partial charge is 0.363 e. The van der Waals surface area contributed by atoms with E-state index in [0.717, 1.165) is 35.1 Å². The number of ether oxygens (including phenoxy) is 1. The number of hydrogen-bond donors (Lipinski definition) is 4. The van der Waals surface area contributed by atoms with Crippen molar-refractivity contribution in [2.24, 2.45) is 0 Å². The highest BCUT2D eigenvalue weighted by atomic mass is 32.2. The number of carbonyl (C=O) groups is 1. The number of sulfone groups is 1. The molecular formula is C30H37N3O6S. The molecule has 0 fully saturated rings. The van der Waals surface area contributed by atoms with Gasteiger partial charge in [-0.3, -0.25) is 0 Å². The van der Waals surface area contributed by atoms with Gasteiger partial charge in [-0.1, -0.05) is 68.8 Å². The van der Waals surface area contributed by atoms with Crippen molar-refractivity contribution in [3.8, 4) is 5.75 Å². The predicted molar refractivity (Wildman–Crippen MR) is 157 cm³/mol. The molecule has 2 unspecified atom stereocenters. The van der Waals surface area contributed by atoms with Crippen molar-refractivity contribution in [1.82, 2.24) is 0 Å². The van der Waals surface area contributed by atoms with Gasteiger partial charge in [-0.15, -0.1) is 0 Å². The number of benzene rings is 3. The molecule has 2 atom stereocenters. The second-order valence-electron chi connectivity index (χ2n) is 10.1. The van der Waals surface area contributed by atoms with E-state index in [4.69, 9.17) is 10.5 Å². The van der Waals surface area contributed by atoms with Gasteiger partial charge in [-0.05, 0) is 36.1 Å². The summed E-state index contributed by atoms with van der Waals surface area (Å²) >= 11 is 0. The first-order valence-corrected chi connectivity index (χ1v) is 15.2. The van der Waals surface area contributed by atoms with Gasteiger partial charge in [0.2, 0.25) is 0 Å². The van der Waals surface area contributed by atoms with Crippen molar-refractivity contribution in [1.29, 1.82) is 0 Å². The molecule has 1 heterocycles. The highest BCUT2D eigenvalue weighted by Crippen LogP contribution is 2.60. The quantitative estimate of drug-likeness (QED) is 0.252. The molecule has 4 rings (SSSR count). The molecule has 0 amide bonds. The highest BCUT2D eigenvalue weighted by Gasteiger charge is 2.75. The van der Waals surface area contributed by atoms with E-state index in [1.165, 1.54) is 19.2 Å². The fraction of sp³-hybridized carbons (Fsp3) is 0.367. The molecule has 0 saturated carbocycles. The monoisotopic (exact) mass is 567 g/mol. The summed E-state index contributed by atoms with van der Waals surface area (Å²) in [7, 11) is -3.15. The molecule has 0 aliphatic carbocycles. The number of aliphatic hydroxyl groups is 1. The number of nitrogen functional groups attached to an aromatic ring is 1. The number of rotatable bonds is 11. The first-order chi connectivity index (χ1) is 19.0. The van der Waals surface area contributed by atoms with Gasteiger partial charge in [0, 0.05) is 43.1 Å². The lowest BCUT2D eigenvalue weighted by atomic mass is 9.87. The van der Waals surface area contributed by atoms with Gasteiger partial charge in [0.15, 0.2) is 9.84 Å². The molecule has 1 aliphatic heterocycles. The molecular weight excluding hydrogens is 530 g/mol. The number of anilines is 3. The van der Waals surface area contributed by atoms with Gasteiger partial charge in [-0.2, -0.15) is 0 Å². The maximum atomic E-state index is 14.0. The second kappa shape index (κ2) is 11.0. The van der Waals surface area contributed by atoms with E-state index in [9.17, 15) is 23.4 Å². The number of likely N-dealkylation sites (N-methyl/N-ethyl adjacent to an activating group) is 1. The minimum absolute atomic E-state index is 0.0195. The van der Waals surface area contributed by atoms with Gasteiger partial charge >= 0.3 is 5.97 Å². The van der Waals surface area contributed by atoms with Crippen LogP contribution in [0.25, 0.3) is 0 Å². The van der Waals surface area contributed by atoms with E-state index in [1.54, 1.807) is 18.2 Å². The Labute approximate surface area is 235 Å². The molecule has 3 aromatic rings. The Morgan fingerprint density at radius 1 is 1.02 bits per heavy atom. The standard InChI is InChI=1S/C30H37N3O6S/c1-5-13-22-25(31)23(19-20-14-9-7-10-15-20)24-27(26(22)32-18-6-2)33(3)29(36,28(34)35)30(24,40(4,37)38)39-21-16-11-8-12-17-21/h7-12,14-17,32,36H,5-6,13,18-19,31H2,1-4H3,(H,34,35). The van der Waals surface area contributed by atoms with Crippen molar-refractivity contribution >= 4 is 32.9 Å². The van der Waals surface area contributed by atoms with E-state index in [-0.39, 0.29) is 23.4 Å². The van der Waals surface area contributed by atoms with E-state index in [2.05, 4.69) is 5.32 Å². The van der Waals surface area contributed by atoms with Crippen LogP contribution in [0.5, 0.6) is 5.75 Å². The van der Waals surface area contributed by atoms with Crippen molar-refractivity contribution in [2.45, 2.75) is 50.2 Å². The largest absolute Gasteiger partial charge is 0.478 e. The van der Waals surface area contributed by atoms with Gasteiger partial charge in [0.25, 0.3) is 10.7 Å². The Bertz CT molecular complexity index is 1500. The molecule has 0 spiro atoms. The fourth-order valence-electron chi connectivity index (χ4n) is 5.62. The number of carboxylic acid groups (broad SMARTS) is 1. The summed E-state index contributed by atoms with van der Waals surface area (Å²) in [6.07, 6.45) is 3.11. The average molecular weight is 568 g/mol. The normalized spacial score (nSPS) is 20.3. The molecule has 3 aromatic carbocycles. The van der Waals surface area contributed by atoms with Crippen LogP contribution in [0, 0.1) is 0 Å². The molecule has 40 heavy (non-hydrogen) atoms. The minimum Gasteiger partial charge on any atom is -0.478 e. The number of nitrogens with zero attached hydrogens (tertiary/aromatic N) is 1. The first-order valence-electron chi connectivity index (χ1n) is 13.3. The number of aliphatic carboxylic acids is 1. The Kier molecular flexibility index (Phi) is 8.05. The van der Waals surface area contributed by atoms with Crippen LogP contribution < -0.4 is 20.7 Å². The first kappa shape index (κ1) is 29.2. The maximum Gasteiger partial charge on any atom is 0.363 e. The fourth-order valence-corrected chi connectivity index (χ4v) is 7.20. The Hall–Kier alpha value is -3.76. The SMILES string of the molecule is CCCNc1c(CCC)c(N)c(Cc2ccccc2)c2c1N(C)C(O)(C(=O)O)C2(Oc1ccccc1)S(C)(=O)=O. The molecule has 0 saturated heterocycles. The Morgan fingerprint density at radius 3 is 2.15 bits per heavy atom. The molecule has 1 aliphatic rings. The van der Waals surface area contributed by atoms with Crippen LogP contribution >= 0.6 is 0 Å². The third-order valence-corrected chi connectivity index (χ3v) is 9.05. The zero-order valence-corrected chi connectivity index (χ0v) is 24.1. The number of para-hydroxylation sites is 1. The number of nitrogens with two attached hydrogens (primary N) is 1. The molecule has 9 nitrogen and oxygen atoms in total. The van der Waals surface area contributed by atoms with Gasteiger partial charge in [0.1, 0.15) is 5.75 Å². The van der Waals surface area contributed by atoms with Crippen LogP contribution in [0.3, 0.4) is 0 Å². The van der Waals surface area contributed by atoms with Crippen LogP contribution in [0.1, 0.15) is 48.9 Å². The van der Waals surface area contributed by atoms with Crippen LogP contribution in [0.2, 0.25) is 0 Å². The zero-order valence-electron chi connectivity index (χ0n) is 23.3. The summed E-state index contributed by atoms with van der Waals surface area (Å²) in [5.41, 5.74) is 6.93. The number of hydrogen-bond acceptors (Lipinski definition) is 8. The summed E-state index contributed by atoms with van der Waals surface area (Å²) in [4.78, 5) is 11.4.